The quantitative estimate of drug-likeness (QED) is 0.774. The van der Waals surface area contributed by atoms with E-state index >= 15 is 0 Å². The van der Waals surface area contributed by atoms with Gasteiger partial charge in [0.25, 0.3) is 0 Å². The molecule has 1 aromatic heterocycles. The number of hydrogen-bond acceptors (Lipinski definition) is 4. The van der Waals surface area contributed by atoms with Crippen molar-refractivity contribution in [2.24, 2.45) is 5.73 Å². The summed E-state index contributed by atoms with van der Waals surface area (Å²) in [5, 5.41) is 4.11. The van der Waals surface area contributed by atoms with Crippen LogP contribution in [0.1, 0.15) is 26.1 Å². The minimum atomic E-state index is 0.304. The lowest BCUT2D eigenvalue weighted by Gasteiger charge is -2.07. The predicted molar refractivity (Wildman–Crippen MR) is 60.1 cm³/mol. The smallest absolute Gasteiger partial charge is 0.138 e. The first-order chi connectivity index (χ1) is 6.77. The normalized spacial score (nSPS) is 13.1. The van der Waals surface area contributed by atoms with Gasteiger partial charge in [0.1, 0.15) is 12.2 Å². The maximum atomic E-state index is 5.82. The van der Waals surface area contributed by atoms with Crippen molar-refractivity contribution in [3.05, 3.63) is 12.2 Å². The molecule has 14 heavy (non-hydrogen) atoms. The fourth-order valence-corrected chi connectivity index (χ4v) is 2.15. The lowest BCUT2D eigenvalue weighted by molar-refractivity contribution is 0.632. The third kappa shape index (κ3) is 3.31. The monoisotopic (exact) mass is 214 g/mol. The lowest BCUT2D eigenvalue weighted by atomic mass is 10.3. The van der Waals surface area contributed by atoms with Crippen molar-refractivity contribution in [3.8, 4) is 0 Å². The van der Waals surface area contributed by atoms with E-state index in [1.54, 1.807) is 6.33 Å². The second-order valence-corrected chi connectivity index (χ2v) is 4.21. The van der Waals surface area contributed by atoms with E-state index in [0.29, 0.717) is 6.04 Å². The van der Waals surface area contributed by atoms with Gasteiger partial charge in [0.15, 0.2) is 0 Å². The number of rotatable bonds is 6. The largest absolute Gasteiger partial charge is 0.327 e. The summed E-state index contributed by atoms with van der Waals surface area (Å²) in [5.74, 6) is 2.94. The Hall–Kier alpha value is -0.550. The SMILES string of the molecule is CCC(N)CSCc1ncnn1CC. The number of nitrogens with zero attached hydrogens (tertiary/aromatic N) is 3. The first kappa shape index (κ1) is 11.5. The Kier molecular flexibility index (Phi) is 4.97. The van der Waals surface area contributed by atoms with E-state index in [1.807, 2.05) is 16.4 Å². The summed E-state index contributed by atoms with van der Waals surface area (Å²) >= 11 is 1.82. The van der Waals surface area contributed by atoms with Crippen LogP contribution in [0.3, 0.4) is 0 Å². The van der Waals surface area contributed by atoms with Crippen LogP contribution >= 0.6 is 11.8 Å². The van der Waals surface area contributed by atoms with Crippen LogP contribution in [0.4, 0.5) is 0 Å². The van der Waals surface area contributed by atoms with Gasteiger partial charge in [-0.15, -0.1) is 0 Å². The predicted octanol–water partition coefficient (Wildman–Crippen LogP) is 1.27. The molecule has 1 atom stereocenters. The Morgan fingerprint density at radius 2 is 2.36 bits per heavy atom. The van der Waals surface area contributed by atoms with Crippen molar-refractivity contribution in [2.75, 3.05) is 5.75 Å². The topological polar surface area (TPSA) is 56.7 Å². The molecule has 0 spiro atoms. The third-order valence-electron chi connectivity index (χ3n) is 2.08. The molecule has 0 radical (unpaired) electrons. The summed E-state index contributed by atoms with van der Waals surface area (Å²) in [6.07, 6.45) is 2.65. The molecule has 4 nitrogen and oxygen atoms in total. The minimum Gasteiger partial charge on any atom is -0.327 e. The maximum absolute atomic E-state index is 5.82. The highest BCUT2D eigenvalue weighted by Gasteiger charge is 2.04. The molecule has 0 amide bonds. The Morgan fingerprint density at radius 3 is 3.00 bits per heavy atom. The van der Waals surface area contributed by atoms with E-state index in [-0.39, 0.29) is 0 Å². The van der Waals surface area contributed by atoms with Crippen LogP contribution in [0.5, 0.6) is 0 Å². The van der Waals surface area contributed by atoms with Gasteiger partial charge in [-0.05, 0) is 13.3 Å². The highest BCUT2D eigenvalue weighted by molar-refractivity contribution is 7.98. The fourth-order valence-electron chi connectivity index (χ4n) is 1.08. The van der Waals surface area contributed by atoms with E-state index in [4.69, 9.17) is 5.73 Å². The van der Waals surface area contributed by atoms with Gasteiger partial charge in [-0.3, -0.25) is 0 Å². The number of nitrogens with two attached hydrogens (primary N) is 1. The first-order valence-electron chi connectivity index (χ1n) is 4.97. The number of hydrogen-bond donors (Lipinski definition) is 1. The molecule has 2 N–H and O–H groups in total. The second-order valence-electron chi connectivity index (χ2n) is 3.18. The molecule has 5 heteroatoms. The second kappa shape index (κ2) is 6.03. The zero-order chi connectivity index (χ0) is 10.4. The molecule has 1 aromatic rings. The van der Waals surface area contributed by atoms with Crippen molar-refractivity contribution >= 4 is 11.8 Å². The highest BCUT2D eigenvalue weighted by Crippen LogP contribution is 2.11. The lowest BCUT2D eigenvalue weighted by Crippen LogP contribution is -2.21. The zero-order valence-electron chi connectivity index (χ0n) is 8.81. The van der Waals surface area contributed by atoms with Crippen molar-refractivity contribution in [1.82, 2.24) is 14.8 Å². The molecule has 0 saturated heterocycles. The van der Waals surface area contributed by atoms with E-state index in [0.717, 1.165) is 30.3 Å². The van der Waals surface area contributed by atoms with Gasteiger partial charge in [-0.2, -0.15) is 16.9 Å². The van der Waals surface area contributed by atoms with Gasteiger partial charge in [-0.25, -0.2) is 9.67 Å². The molecule has 0 aromatic carbocycles. The summed E-state index contributed by atoms with van der Waals surface area (Å²) in [6, 6.07) is 0.304. The first-order valence-corrected chi connectivity index (χ1v) is 6.13. The van der Waals surface area contributed by atoms with Crippen molar-refractivity contribution in [2.45, 2.75) is 38.6 Å². The molecule has 0 bridgehead atoms. The van der Waals surface area contributed by atoms with Crippen LogP contribution in [0, 0.1) is 0 Å². The van der Waals surface area contributed by atoms with Crippen molar-refractivity contribution in [1.29, 1.82) is 0 Å². The van der Waals surface area contributed by atoms with Gasteiger partial charge < -0.3 is 5.73 Å². The highest BCUT2D eigenvalue weighted by atomic mass is 32.2. The van der Waals surface area contributed by atoms with Crippen LogP contribution in [0.15, 0.2) is 6.33 Å². The molecule has 80 valence electrons. The minimum absolute atomic E-state index is 0.304. The molecule has 0 aliphatic rings. The van der Waals surface area contributed by atoms with Crippen molar-refractivity contribution < 1.29 is 0 Å². The van der Waals surface area contributed by atoms with Gasteiger partial charge in [0.2, 0.25) is 0 Å². The van der Waals surface area contributed by atoms with Crippen LogP contribution < -0.4 is 5.73 Å². The summed E-state index contributed by atoms with van der Waals surface area (Å²) in [4.78, 5) is 4.20. The molecule has 0 aliphatic carbocycles. The van der Waals surface area contributed by atoms with Gasteiger partial charge >= 0.3 is 0 Å². The molecule has 1 unspecified atom stereocenters. The van der Waals surface area contributed by atoms with E-state index in [2.05, 4.69) is 23.9 Å². The summed E-state index contributed by atoms with van der Waals surface area (Å²) in [6.45, 7) is 5.07. The van der Waals surface area contributed by atoms with Crippen LogP contribution in [-0.4, -0.2) is 26.6 Å². The molecule has 0 saturated carbocycles. The average Bonchev–Trinajstić information content (AvgIpc) is 2.65. The summed E-state index contributed by atoms with van der Waals surface area (Å²) in [5.41, 5.74) is 5.82. The Morgan fingerprint density at radius 1 is 1.57 bits per heavy atom. The zero-order valence-corrected chi connectivity index (χ0v) is 9.63. The summed E-state index contributed by atoms with van der Waals surface area (Å²) in [7, 11) is 0. The molecule has 1 heterocycles. The Balaban J connectivity index is 2.31. The molecular weight excluding hydrogens is 196 g/mol. The standard InChI is InChI=1S/C9H18N4S/c1-3-8(10)5-14-6-9-11-7-12-13(9)4-2/h7-8H,3-6,10H2,1-2H3. The average molecular weight is 214 g/mol. The Labute approximate surface area is 89.3 Å². The van der Waals surface area contributed by atoms with E-state index < -0.39 is 0 Å². The molecular formula is C9H18N4S. The molecule has 0 fully saturated rings. The van der Waals surface area contributed by atoms with Gasteiger partial charge in [0, 0.05) is 18.3 Å². The van der Waals surface area contributed by atoms with Gasteiger partial charge in [-0.1, -0.05) is 6.92 Å². The fraction of sp³-hybridized carbons (Fsp3) is 0.778. The van der Waals surface area contributed by atoms with E-state index in [1.165, 1.54) is 0 Å². The molecule has 1 rings (SSSR count). The number of aromatic nitrogens is 3. The van der Waals surface area contributed by atoms with Crippen LogP contribution in [-0.2, 0) is 12.3 Å². The van der Waals surface area contributed by atoms with Crippen LogP contribution in [0.25, 0.3) is 0 Å². The maximum Gasteiger partial charge on any atom is 0.138 e. The van der Waals surface area contributed by atoms with Crippen LogP contribution in [0.2, 0.25) is 0 Å². The van der Waals surface area contributed by atoms with Crippen molar-refractivity contribution in [3.63, 3.8) is 0 Å². The third-order valence-corrected chi connectivity index (χ3v) is 3.21. The summed E-state index contributed by atoms with van der Waals surface area (Å²) < 4.78 is 1.92. The van der Waals surface area contributed by atoms with Gasteiger partial charge in [0.05, 0.1) is 5.75 Å². The van der Waals surface area contributed by atoms with E-state index in [9.17, 15) is 0 Å². The number of thioether (sulfide) groups is 1. The molecule has 0 aliphatic heterocycles. The Bertz CT molecular complexity index is 261. The number of aryl methyl sites for hydroxylation is 1.